The minimum Gasteiger partial charge on any atom is -0.462 e. The van der Waals surface area contributed by atoms with Gasteiger partial charge in [0.25, 0.3) is 0 Å². The predicted molar refractivity (Wildman–Crippen MR) is 230 cm³/mol. The number of ether oxygens (including phenoxy) is 2. The Morgan fingerprint density at radius 3 is 1.77 bits per heavy atom. The van der Waals surface area contributed by atoms with Gasteiger partial charge in [-0.1, -0.05) is 144 Å². The number of esters is 2. The molecule has 320 valence electrons. The van der Waals surface area contributed by atoms with Crippen molar-refractivity contribution in [1.29, 1.82) is 0 Å². The fraction of sp³-hybridized carbons (Fsp3) is 0.644. The number of nitrogens with two attached hydrogens (primary N) is 1. The molecule has 11 heteroatoms. The summed E-state index contributed by atoms with van der Waals surface area (Å²) in [6, 6.07) is 0. The Labute approximate surface area is 339 Å². The van der Waals surface area contributed by atoms with Crippen LogP contribution in [0.5, 0.6) is 0 Å². The van der Waals surface area contributed by atoms with Crippen LogP contribution in [0.2, 0.25) is 0 Å². The molecule has 56 heavy (non-hydrogen) atoms. The number of aliphatic hydroxyl groups is 1. The number of phosphoric ester groups is 1. The van der Waals surface area contributed by atoms with Crippen LogP contribution in [-0.4, -0.2) is 60.5 Å². The van der Waals surface area contributed by atoms with E-state index in [-0.39, 0.29) is 32.6 Å². The minimum absolute atomic E-state index is 0.0154. The molecule has 0 aromatic heterocycles. The van der Waals surface area contributed by atoms with Gasteiger partial charge in [-0.3, -0.25) is 18.6 Å². The van der Waals surface area contributed by atoms with Crippen molar-refractivity contribution >= 4 is 19.8 Å². The van der Waals surface area contributed by atoms with Gasteiger partial charge in [0.05, 0.1) is 19.3 Å². The summed E-state index contributed by atoms with van der Waals surface area (Å²) in [7, 11) is -4.44. The van der Waals surface area contributed by atoms with Crippen LogP contribution in [0.1, 0.15) is 149 Å². The molecule has 0 aliphatic carbocycles. The summed E-state index contributed by atoms with van der Waals surface area (Å²) < 4.78 is 32.5. The van der Waals surface area contributed by atoms with E-state index in [0.29, 0.717) is 25.7 Å². The molecule has 0 saturated carbocycles. The molecular formula is C45H76NO9P. The molecule has 2 unspecified atom stereocenters. The number of phosphoric acid groups is 1. The first kappa shape index (κ1) is 53.1. The molecule has 0 spiro atoms. The van der Waals surface area contributed by atoms with Crippen molar-refractivity contribution < 1.29 is 42.7 Å². The number of hydrogen-bond acceptors (Lipinski definition) is 9. The molecule has 0 aromatic rings. The molecule has 0 aliphatic rings. The highest BCUT2D eigenvalue weighted by Crippen LogP contribution is 2.43. The maximum Gasteiger partial charge on any atom is 0.472 e. The number of unbranched alkanes of at least 4 members (excludes halogenated alkanes) is 10. The lowest BCUT2D eigenvalue weighted by Crippen LogP contribution is -2.29. The van der Waals surface area contributed by atoms with Gasteiger partial charge in [-0.15, -0.1) is 0 Å². The van der Waals surface area contributed by atoms with Gasteiger partial charge in [0.15, 0.2) is 6.10 Å². The molecule has 0 radical (unpaired) electrons. The third-order valence-electron chi connectivity index (χ3n) is 8.36. The number of carbonyl (C=O) groups is 2. The van der Waals surface area contributed by atoms with E-state index in [1.54, 1.807) is 12.2 Å². The highest BCUT2D eigenvalue weighted by molar-refractivity contribution is 7.47. The van der Waals surface area contributed by atoms with Crippen molar-refractivity contribution in [2.75, 3.05) is 26.4 Å². The summed E-state index contributed by atoms with van der Waals surface area (Å²) >= 11 is 0. The Bertz CT molecular complexity index is 1210. The lowest BCUT2D eigenvalue weighted by atomic mass is 10.1. The Hall–Kier alpha value is -2.85. The van der Waals surface area contributed by atoms with Crippen LogP contribution in [0, 0.1) is 0 Å². The Morgan fingerprint density at radius 2 is 1.14 bits per heavy atom. The topological polar surface area (TPSA) is 155 Å². The fourth-order valence-corrected chi connectivity index (χ4v) is 5.93. The van der Waals surface area contributed by atoms with Crippen LogP contribution in [0.25, 0.3) is 0 Å². The van der Waals surface area contributed by atoms with E-state index in [9.17, 15) is 24.2 Å². The lowest BCUT2D eigenvalue weighted by molar-refractivity contribution is -0.161. The summed E-state index contributed by atoms with van der Waals surface area (Å²) in [5.41, 5.74) is 5.33. The molecule has 0 rings (SSSR count). The average Bonchev–Trinajstić information content (AvgIpc) is 3.18. The molecule has 0 amide bonds. The van der Waals surface area contributed by atoms with Crippen LogP contribution in [-0.2, 0) is 32.7 Å². The zero-order valence-corrected chi connectivity index (χ0v) is 35.6. The first-order chi connectivity index (χ1) is 27.2. The van der Waals surface area contributed by atoms with Crippen molar-refractivity contribution in [2.45, 2.75) is 161 Å². The third kappa shape index (κ3) is 39.4. The number of rotatable bonds is 38. The normalized spacial score (nSPS) is 14.7. The van der Waals surface area contributed by atoms with Gasteiger partial charge in [-0.2, -0.15) is 0 Å². The monoisotopic (exact) mass is 806 g/mol. The van der Waals surface area contributed by atoms with Gasteiger partial charge in [-0.25, -0.2) is 4.57 Å². The number of carbonyl (C=O) groups excluding carboxylic acids is 2. The van der Waals surface area contributed by atoms with Gasteiger partial charge < -0.3 is 25.2 Å². The second kappa shape index (κ2) is 40.4. The van der Waals surface area contributed by atoms with Gasteiger partial charge >= 0.3 is 19.8 Å². The zero-order chi connectivity index (χ0) is 41.2. The van der Waals surface area contributed by atoms with Crippen molar-refractivity contribution in [1.82, 2.24) is 0 Å². The van der Waals surface area contributed by atoms with E-state index in [1.807, 2.05) is 24.3 Å². The molecule has 0 heterocycles. The molecule has 0 aromatic carbocycles. The standard InChI is InChI=1S/C45H76NO9P/c1-3-5-7-9-11-13-15-17-18-19-20-22-24-26-28-30-32-36-45(49)55-43(41-54-56(50,51)53-39-38-46)40-52-44(48)37-33-35-42(47)34-31-29-27-25-23-21-16-14-12-10-8-6-4-2/h11,13,17-18,20-23,26-29,31,34,42-43,47H,3-10,12,14-16,19,24-25,30,32-33,35-41,46H2,1-2H3,(H,50,51)/b13-11-,18-17-,22-20-,23-21+,28-26-,29-27+,34-31+/t42?,43-/m1/s1. The van der Waals surface area contributed by atoms with Crippen LogP contribution in [0.15, 0.2) is 85.1 Å². The Balaban J connectivity index is 4.47. The number of hydrogen-bond donors (Lipinski definition) is 3. The molecule has 0 aliphatic heterocycles. The second-order valence-corrected chi connectivity index (χ2v) is 15.2. The van der Waals surface area contributed by atoms with Gasteiger partial charge in [0, 0.05) is 19.4 Å². The average molecular weight is 806 g/mol. The Kier molecular flexibility index (Phi) is 38.3. The third-order valence-corrected chi connectivity index (χ3v) is 9.34. The maximum absolute atomic E-state index is 12.6. The highest BCUT2D eigenvalue weighted by Gasteiger charge is 2.26. The van der Waals surface area contributed by atoms with E-state index in [1.165, 1.54) is 57.8 Å². The van der Waals surface area contributed by atoms with Crippen LogP contribution >= 0.6 is 7.82 Å². The van der Waals surface area contributed by atoms with E-state index < -0.39 is 38.6 Å². The van der Waals surface area contributed by atoms with Gasteiger partial charge in [0.2, 0.25) is 0 Å². The summed E-state index contributed by atoms with van der Waals surface area (Å²) in [6.45, 7) is 3.39. The quantitative estimate of drug-likeness (QED) is 0.0180. The fourth-order valence-electron chi connectivity index (χ4n) is 5.16. The first-order valence-corrected chi connectivity index (χ1v) is 22.7. The maximum atomic E-state index is 12.6. The van der Waals surface area contributed by atoms with Gasteiger partial charge in [-0.05, 0) is 77.0 Å². The number of allylic oxidation sites excluding steroid dienone is 13. The van der Waals surface area contributed by atoms with Crippen molar-refractivity contribution in [3.05, 3.63) is 85.1 Å². The highest BCUT2D eigenvalue weighted by atomic mass is 31.2. The van der Waals surface area contributed by atoms with Crippen LogP contribution in [0.4, 0.5) is 0 Å². The SMILES string of the molecule is CCCCC/C=C\C/C=C\C/C=C\C/C=C\CCCC(=O)O[C@H](COC(=O)CCCC(O)/C=C/C=C/C/C=C/CCCCCCCC)COP(=O)(O)OCCN. The molecule has 10 nitrogen and oxygen atoms in total. The molecule has 0 fully saturated rings. The largest absolute Gasteiger partial charge is 0.472 e. The van der Waals surface area contributed by atoms with E-state index in [2.05, 4.69) is 62.5 Å². The van der Waals surface area contributed by atoms with E-state index in [0.717, 1.165) is 38.5 Å². The molecule has 4 N–H and O–H groups in total. The van der Waals surface area contributed by atoms with E-state index >= 15 is 0 Å². The van der Waals surface area contributed by atoms with Gasteiger partial charge in [0.1, 0.15) is 6.61 Å². The summed E-state index contributed by atoms with van der Waals surface area (Å²) in [6.07, 6.45) is 46.5. The molecule has 3 atom stereocenters. The van der Waals surface area contributed by atoms with Crippen LogP contribution < -0.4 is 5.73 Å². The van der Waals surface area contributed by atoms with Crippen molar-refractivity contribution in [3.8, 4) is 0 Å². The second-order valence-electron chi connectivity index (χ2n) is 13.7. The van der Waals surface area contributed by atoms with Crippen molar-refractivity contribution in [2.24, 2.45) is 5.73 Å². The van der Waals surface area contributed by atoms with Crippen LogP contribution in [0.3, 0.4) is 0 Å². The smallest absolute Gasteiger partial charge is 0.462 e. The lowest BCUT2D eigenvalue weighted by Gasteiger charge is -2.19. The van der Waals surface area contributed by atoms with Crippen molar-refractivity contribution in [3.63, 3.8) is 0 Å². The minimum atomic E-state index is -4.44. The molecule has 0 bridgehead atoms. The molecular weight excluding hydrogens is 729 g/mol. The summed E-state index contributed by atoms with van der Waals surface area (Å²) in [5, 5.41) is 10.2. The summed E-state index contributed by atoms with van der Waals surface area (Å²) in [4.78, 5) is 34.8. The molecule has 0 saturated heterocycles. The number of aliphatic hydroxyl groups excluding tert-OH is 1. The zero-order valence-electron chi connectivity index (χ0n) is 34.7. The Morgan fingerprint density at radius 1 is 0.625 bits per heavy atom. The van der Waals surface area contributed by atoms with E-state index in [4.69, 9.17) is 24.3 Å². The first-order valence-electron chi connectivity index (χ1n) is 21.2. The summed E-state index contributed by atoms with van der Waals surface area (Å²) in [5.74, 6) is -1.10. The predicted octanol–water partition coefficient (Wildman–Crippen LogP) is 11.0.